The zero-order valence-electron chi connectivity index (χ0n) is 16.7. The summed E-state index contributed by atoms with van der Waals surface area (Å²) in [4.78, 5) is 17.1. The number of hydrogen-bond acceptors (Lipinski definition) is 4. The number of aryl methyl sites for hydroxylation is 1. The molecule has 0 aliphatic rings. The SMILES string of the molecule is CC[C@@H](O)CCC(=O)Cc1ccc2nc(C)c(-c3ccccc3)c(OC)c2c1. The number of Topliss-reactive ketones (excluding diaryl/α,β-unsaturated/α-hetero) is 1. The summed E-state index contributed by atoms with van der Waals surface area (Å²) in [6.07, 6.45) is 1.54. The first kappa shape index (κ1) is 20.0. The highest BCUT2D eigenvalue weighted by Crippen LogP contribution is 2.38. The van der Waals surface area contributed by atoms with E-state index in [9.17, 15) is 9.90 Å². The third-order valence-electron chi connectivity index (χ3n) is 5.08. The first-order valence-corrected chi connectivity index (χ1v) is 9.75. The second kappa shape index (κ2) is 8.98. The van der Waals surface area contributed by atoms with Crippen molar-refractivity contribution < 1.29 is 14.6 Å². The van der Waals surface area contributed by atoms with Crippen LogP contribution in [0.3, 0.4) is 0 Å². The van der Waals surface area contributed by atoms with E-state index in [4.69, 9.17) is 9.72 Å². The number of benzene rings is 2. The number of aliphatic hydroxyl groups is 1. The summed E-state index contributed by atoms with van der Waals surface area (Å²) >= 11 is 0. The minimum Gasteiger partial charge on any atom is -0.495 e. The molecule has 146 valence electrons. The van der Waals surface area contributed by atoms with E-state index < -0.39 is 6.10 Å². The van der Waals surface area contributed by atoms with Crippen LogP contribution in [0.4, 0.5) is 0 Å². The molecule has 1 atom stereocenters. The van der Waals surface area contributed by atoms with Crippen LogP contribution in [-0.4, -0.2) is 29.1 Å². The molecule has 0 radical (unpaired) electrons. The van der Waals surface area contributed by atoms with Crippen LogP contribution in [-0.2, 0) is 11.2 Å². The van der Waals surface area contributed by atoms with Gasteiger partial charge in [-0.2, -0.15) is 0 Å². The fourth-order valence-corrected chi connectivity index (χ4v) is 3.51. The number of aliphatic hydroxyl groups excluding tert-OH is 1. The van der Waals surface area contributed by atoms with E-state index >= 15 is 0 Å². The summed E-state index contributed by atoms with van der Waals surface area (Å²) in [5.41, 5.74) is 4.73. The van der Waals surface area contributed by atoms with Gasteiger partial charge >= 0.3 is 0 Å². The van der Waals surface area contributed by atoms with E-state index in [-0.39, 0.29) is 5.78 Å². The molecule has 1 aromatic heterocycles. The summed E-state index contributed by atoms with van der Waals surface area (Å²) in [5.74, 6) is 0.915. The number of hydrogen-bond donors (Lipinski definition) is 1. The molecule has 3 aromatic rings. The first-order chi connectivity index (χ1) is 13.5. The van der Waals surface area contributed by atoms with Crippen LogP contribution in [0.15, 0.2) is 48.5 Å². The van der Waals surface area contributed by atoms with E-state index in [0.29, 0.717) is 25.7 Å². The van der Waals surface area contributed by atoms with Crippen LogP contribution in [0, 0.1) is 6.92 Å². The number of rotatable bonds is 8. The standard InChI is InChI=1S/C24H27NO3/c1-4-19(26)11-12-20(27)14-17-10-13-22-21(15-17)24(28-3)23(16(2)25-22)18-8-6-5-7-9-18/h5-10,13,15,19,26H,4,11-12,14H2,1-3H3/t19-/m1/s1. The molecule has 2 aromatic carbocycles. The zero-order valence-corrected chi connectivity index (χ0v) is 16.7. The third kappa shape index (κ3) is 4.39. The normalized spacial score (nSPS) is 12.1. The fraction of sp³-hybridized carbons (Fsp3) is 0.333. The molecule has 0 saturated carbocycles. The van der Waals surface area contributed by atoms with Gasteiger partial charge in [0.15, 0.2) is 0 Å². The molecule has 1 heterocycles. The van der Waals surface area contributed by atoms with Crippen molar-refractivity contribution in [2.75, 3.05) is 7.11 Å². The Morgan fingerprint density at radius 1 is 1.18 bits per heavy atom. The topological polar surface area (TPSA) is 59.4 Å². The maximum absolute atomic E-state index is 12.3. The molecule has 0 fully saturated rings. The van der Waals surface area contributed by atoms with Crippen molar-refractivity contribution in [2.45, 2.75) is 45.6 Å². The summed E-state index contributed by atoms with van der Waals surface area (Å²) < 4.78 is 5.79. The van der Waals surface area contributed by atoms with E-state index in [0.717, 1.165) is 39.0 Å². The van der Waals surface area contributed by atoms with Crippen molar-refractivity contribution in [1.82, 2.24) is 4.98 Å². The summed E-state index contributed by atoms with van der Waals surface area (Å²) in [6.45, 7) is 3.91. The van der Waals surface area contributed by atoms with Crippen LogP contribution in [0.5, 0.6) is 5.75 Å². The average molecular weight is 377 g/mol. The largest absolute Gasteiger partial charge is 0.495 e. The van der Waals surface area contributed by atoms with Gasteiger partial charge in [-0.1, -0.05) is 43.3 Å². The first-order valence-electron chi connectivity index (χ1n) is 9.75. The maximum atomic E-state index is 12.3. The molecule has 0 aliphatic carbocycles. The van der Waals surface area contributed by atoms with Crippen LogP contribution >= 0.6 is 0 Å². The lowest BCUT2D eigenvalue weighted by Gasteiger charge is -2.15. The predicted octanol–water partition coefficient (Wildman–Crippen LogP) is 4.88. The van der Waals surface area contributed by atoms with Crippen molar-refractivity contribution in [3.8, 4) is 16.9 Å². The Morgan fingerprint density at radius 2 is 1.93 bits per heavy atom. The van der Waals surface area contributed by atoms with Crippen LogP contribution < -0.4 is 4.74 Å². The number of pyridine rings is 1. The Balaban J connectivity index is 1.96. The number of aromatic nitrogens is 1. The third-order valence-corrected chi connectivity index (χ3v) is 5.08. The van der Waals surface area contributed by atoms with E-state index in [1.165, 1.54) is 0 Å². The number of carbonyl (C=O) groups excluding carboxylic acids is 1. The minimum absolute atomic E-state index is 0.133. The Labute approximate surface area is 166 Å². The van der Waals surface area contributed by atoms with Gasteiger partial charge in [-0.3, -0.25) is 9.78 Å². The highest BCUT2D eigenvalue weighted by atomic mass is 16.5. The Kier molecular flexibility index (Phi) is 6.42. The molecule has 4 heteroatoms. The lowest BCUT2D eigenvalue weighted by atomic mass is 9.97. The van der Waals surface area contributed by atoms with Gasteiger partial charge < -0.3 is 9.84 Å². The van der Waals surface area contributed by atoms with Crippen molar-refractivity contribution in [2.24, 2.45) is 0 Å². The highest BCUT2D eigenvalue weighted by molar-refractivity contribution is 5.94. The molecule has 0 bridgehead atoms. The monoisotopic (exact) mass is 377 g/mol. The molecule has 0 saturated heterocycles. The lowest BCUT2D eigenvalue weighted by molar-refractivity contribution is -0.119. The van der Waals surface area contributed by atoms with Gasteiger partial charge in [-0.15, -0.1) is 0 Å². The number of fused-ring (bicyclic) bond motifs is 1. The predicted molar refractivity (Wildman–Crippen MR) is 113 cm³/mol. The van der Waals surface area contributed by atoms with Gasteiger partial charge in [-0.05, 0) is 43.0 Å². The van der Waals surface area contributed by atoms with E-state index in [1.54, 1.807) is 7.11 Å². The molecule has 28 heavy (non-hydrogen) atoms. The van der Waals surface area contributed by atoms with Crippen molar-refractivity contribution in [1.29, 1.82) is 0 Å². The number of methoxy groups -OCH3 is 1. The number of nitrogens with zero attached hydrogens (tertiary/aromatic N) is 1. The Bertz CT molecular complexity index is 966. The average Bonchev–Trinajstić information content (AvgIpc) is 2.71. The van der Waals surface area contributed by atoms with Crippen LogP contribution in [0.2, 0.25) is 0 Å². The van der Waals surface area contributed by atoms with Crippen LogP contribution in [0.25, 0.3) is 22.0 Å². The number of carbonyl (C=O) groups is 1. The fourth-order valence-electron chi connectivity index (χ4n) is 3.51. The molecular formula is C24H27NO3. The van der Waals surface area contributed by atoms with Gasteiger partial charge in [0.05, 0.1) is 18.7 Å². The number of ether oxygens (including phenoxy) is 1. The second-order valence-electron chi connectivity index (χ2n) is 7.14. The molecule has 4 nitrogen and oxygen atoms in total. The van der Waals surface area contributed by atoms with Crippen molar-refractivity contribution >= 4 is 16.7 Å². The smallest absolute Gasteiger partial charge is 0.137 e. The molecule has 0 amide bonds. The second-order valence-corrected chi connectivity index (χ2v) is 7.14. The quantitative estimate of drug-likeness (QED) is 0.608. The molecule has 0 spiro atoms. The summed E-state index contributed by atoms with van der Waals surface area (Å²) in [6, 6.07) is 16.0. The summed E-state index contributed by atoms with van der Waals surface area (Å²) in [7, 11) is 1.67. The molecule has 0 unspecified atom stereocenters. The summed E-state index contributed by atoms with van der Waals surface area (Å²) in [5, 5.41) is 10.6. The van der Waals surface area contributed by atoms with Crippen molar-refractivity contribution in [3.63, 3.8) is 0 Å². The van der Waals surface area contributed by atoms with Gasteiger partial charge in [-0.25, -0.2) is 0 Å². The lowest BCUT2D eigenvalue weighted by Crippen LogP contribution is -2.10. The molecule has 3 rings (SSSR count). The highest BCUT2D eigenvalue weighted by Gasteiger charge is 2.16. The minimum atomic E-state index is -0.402. The van der Waals surface area contributed by atoms with Crippen LogP contribution in [0.1, 0.15) is 37.4 Å². The van der Waals surface area contributed by atoms with E-state index in [1.807, 2.05) is 62.4 Å². The number of ketones is 1. The molecular weight excluding hydrogens is 350 g/mol. The van der Waals surface area contributed by atoms with Gasteiger partial charge in [0.2, 0.25) is 0 Å². The van der Waals surface area contributed by atoms with Crippen molar-refractivity contribution in [3.05, 3.63) is 59.8 Å². The van der Waals surface area contributed by atoms with E-state index in [2.05, 4.69) is 0 Å². The van der Waals surface area contributed by atoms with Gasteiger partial charge in [0, 0.05) is 29.5 Å². The van der Waals surface area contributed by atoms with Gasteiger partial charge in [0.25, 0.3) is 0 Å². The van der Waals surface area contributed by atoms with Gasteiger partial charge in [0.1, 0.15) is 11.5 Å². The zero-order chi connectivity index (χ0) is 20.1. The molecule has 1 N–H and O–H groups in total. The molecule has 0 aliphatic heterocycles. The maximum Gasteiger partial charge on any atom is 0.137 e. The Morgan fingerprint density at radius 3 is 2.61 bits per heavy atom. The Hall–Kier alpha value is -2.72.